The summed E-state index contributed by atoms with van der Waals surface area (Å²) in [6.07, 6.45) is 2.15. The molecule has 130 valence electrons. The van der Waals surface area contributed by atoms with Gasteiger partial charge >= 0.3 is 0 Å². The Morgan fingerprint density at radius 1 is 0.808 bits per heavy atom. The van der Waals surface area contributed by atoms with Crippen LogP contribution in [0.15, 0.2) is 78.9 Å². The minimum absolute atomic E-state index is 0.0380. The van der Waals surface area contributed by atoms with Crippen molar-refractivity contribution in [2.24, 2.45) is 0 Å². The summed E-state index contributed by atoms with van der Waals surface area (Å²) in [5.74, 6) is 3.10. The van der Waals surface area contributed by atoms with E-state index < -0.39 is 0 Å². The lowest BCUT2D eigenvalue weighted by atomic mass is 9.87. The fourth-order valence-electron chi connectivity index (χ4n) is 3.32. The van der Waals surface area contributed by atoms with Gasteiger partial charge in [0.05, 0.1) is 14.2 Å². The van der Waals surface area contributed by atoms with Gasteiger partial charge in [-0.3, -0.25) is 0 Å². The van der Waals surface area contributed by atoms with Gasteiger partial charge in [-0.15, -0.1) is 0 Å². The number of ether oxygens (including phenoxy) is 3. The lowest BCUT2D eigenvalue weighted by Gasteiger charge is -2.27. The highest BCUT2D eigenvalue weighted by Crippen LogP contribution is 2.47. The van der Waals surface area contributed by atoms with Crippen LogP contribution in [-0.4, -0.2) is 14.2 Å². The summed E-state index contributed by atoms with van der Waals surface area (Å²) in [6.45, 7) is 0. The van der Waals surface area contributed by atoms with E-state index in [0.717, 1.165) is 28.4 Å². The Hall–Kier alpha value is -3.20. The average molecular weight is 344 g/mol. The normalized spacial score (nSPS) is 15.5. The molecule has 1 atom stereocenters. The van der Waals surface area contributed by atoms with Gasteiger partial charge in [0.1, 0.15) is 23.0 Å². The van der Waals surface area contributed by atoms with Crippen LogP contribution in [0.2, 0.25) is 0 Å². The first kappa shape index (κ1) is 16.3. The number of allylic oxidation sites excluding steroid dienone is 1. The predicted octanol–water partition coefficient (Wildman–Crippen LogP) is 5.27. The van der Waals surface area contributed by atoms with Gasteiger partial charge in [0.2, 0.25) is 0 Å². The molecule has 1 unspecified atom stereocenters. The number of methoxy groups -OCH3 is 2. The maximum absolute atomic E-state index is 6.26. The first-order valence-corrected chi connectivity index (χ1v) is 8.56. The molecule has 0 amide bonds. The molecule has 0 N–H and O–H groups in total. The molecule has 0 saturated carbocycles. The summed E-state index contributed by atoms with van der Waals surface area (Å²) < 4.78 is 17.3. The van der Waals surface area contributed by atoms with Crippen LogP contribution < -0.4 is 14.2 Å². The van der Waals surface area contributed by atoms with Gasteiger partial charge in [0, 0.05) is 29.2 Å². The molecule has 3 aromatic rings. The van der Waals surface area contributed by atoms with Crippen LogP contribution in [0.4, 0.5) is 0 Å². The Bertz CT molecular complexity index is 930. The van der Waals surface area contributed by atoms with E-state index >= 15 is 0 Å². The van der Waals surface area contributed by atoms with Gasteiger partial charge in [-0.25, -0.2) is 0 Å². The van der Waals surface area contributed by atoms with E-state index in [4.69, 9.17) is 14.2 Å². The van der Waals surface area contributed by atoms with E-state index in [1.165, 1.54) is 5.56 Å². The van der Waals surface area contributed by atoms with Crippen molar-refractivity contribution in [2.45, 2.75) is 5.92 Å². The summed E-state index contributed by atoms with van der Waals surface area (Å²) >= 11 is 0. The zero-order chi connectivity index (χ0) is 17.9. The van der Waals surface area contributed by atoms with E-state index in [1.807, 2.05) is 36.4 Å². The van der Waals surface area contributed by atoms with E-state index in [1.54, 1.807) is 14.2 Å². The van der Waals surface area contributed by atoms with Gasteiger partial charge in [-0.1, -0.05) is 60.7 Å². The third-order valence-electron chi connectivity index (χ3n) is 4.60. The molecule has 1 heterocycles. The van der Waals surface area contributed by atoms with Crippen molar-refractivity contribution < 1.29 is 14.2 Å². The Labute approximate surface area is 153 Å². The molecular formula is C23H20O3. The standard InChI is InChI=1S/C23H20O3/c1-24-18-13-21(25-2)23-19(16-9-5-3-6-10-16)15-20(26-22(23)14-18)17-11-7-4-8-12-17/h3-15,19H,1-2H3. The van der Waals surface area contributed by atoms with Crippen LogP contribution >= 0.6 is 0 Å². The Balaban J connectivity index is 1.91. The molecule has 0 saturated heterocycles. The van der Waals surface area contributed by atoms with Crippen molar-refractivity contribution in [1.29, 1.82) is 0 Å². The van der Waals surface area contributed by atoms with Crippen molar-refractivity contribution in [1.82, 2.24) is 0 Å². The van der Waals surface area contributed by atoms with Gasteiger partial charge in [-0.05, 0) is 11.6 Å². The molecule has 0 fully saturated rings. The highest BCUT2D eigenvalue weighted by atomic mass is 16.5. The van der Waals surface area contributed by atoms with Crippen molar-refractivity contribution in [3.05, 3.63) is 95.6 Å². The lowest BCUT2D eigenvalue weighted by Crippen LogP contribution is -2.12. The summed E-state index contributed by atoms with van der Waals surface area (Å²) in [7, 11) is 3.32. The predicted molar refractivity (Wildman–Crippen MR) is 103 cm³/mol. The first-order chi connectivity index (χ1) is 12.8. The zero-order valence-electron chi connectivity index (χ0n) is 14.8. The summed E-state index contributed by atoms with van der Waals surface area (Å²) in [5, 5.41) is 0. The number of rotatable bonds is 4. The summed E-state index contributed by atoms with van der Waals surface area (Å²) in [4.78, 5) is 0. The molecule has 3 aromatic carbocycles. The maximum Gasteiger partial charge on any atom is 0.138 e. The largest absolute Gasteiger partial charge is 0.496 e. The van der Waals surface area contributed by atoms with Crippen molar-refractivity contribution in [3.63, 3.8) is 0 Å². The zero-order valence-corrected chi connectivity index (χ0v) is 14.8. The van der Waals surface area contributed by atoms with E-state index in [-0.39, 0.29) is 5.92 Å². The molecule has 0 bridgehead atoms. The third-order valence-corrected chi connectivity index (χ3v) is 4.60. The molecule has 0 aliphatic carbocycles. The lowest BCUT2D eigenvalue weighted by molar-refractivity contribution is 0.380. The van der Waals surface area contributed by atoms with Gasteiger partial charge < -0.3 is 14.2 Å². The number of benzene rings is 3. The second-order valence-electron chi connectivity index (χ2n) is 6.13. The van der Waals surface area contributed by atoms with Crippen molar-refractivity contribution >= 4 is 5.76 Å². The fourth-order valence-corrected chi connectivity index (χ4v) is 3.32. The van der Waals surface area contributed by atoms with E-state index in [0.29, 0.717) is 5.75 Å². The third kappa shape index (κ3) is 2.92. The monoisotopic (exact) mass is 344 g/mol. The molecular weight excluding hydrogens is 324 g/mol. The molecule has 3 heteroatoms. The van der Waals surface area contributed by atoms with Crippen LogP contribution in [0.25, 0.3) is 5.76 Å². The molecule has 0 spiro atoms. The molecule has 26 heavy (non-hydrogen) atoms. The SMILES string of the molecule is COc1cc(OC)c2c(c1)OC(c1ccccc1)=CC2c1ccccc1. The minimum atomic E-state index is 0.0380. The van der Waals surface area contributed by atoms with Crippen molar-refractivity contribution in [2.75, 3.05) is 14.2 Å². The highest BCUT2D eigenvalue weighted by Gasteiger charge is 2.28. The Kier molecular flexibility index (Phi) is 4.36. The second kappa shape index (κ2) is 6.96. The Morgan fingerprint density at radius 2 is 1.50 bits per heavy atom. The molecule has 0 radical (unpaired) electrons. The van der Waals surface area contributed by atoms with E-state index in [9.17, 15) is 0 Å². The van der Waals surface area contributed by atoms with E-state index in [2.05, 4.69) is 42.5 Å². The fraction of sp³-hybridized carbons (Fsp3) is 0.130. The second-order valence-corrected chi connectivity index (χ2v) is 6.13. The van der Waals surface area contributed by atoms with Crippen LogP contribution in [0.5, 0.6) is 17.2 Å². The Morgan fingerprint density at radius 3 is 2.15 bits per heavy atom. The average Bonchev–Trinajstić information content (AvgIpc) is 2.73. The molecule has 1 aliphatic rings. The number of fused-ring (bicyclic) bond motifs is 1. The topological polar surface area (TPSA) is 27.7 Å². The molecule has 0 aromatic heterocycles. The van der Waals surface area contributed by atoms with Gasteiger partial charge in [0.25, 0.3) is 0 Å². The maximum atomic E-state index is 6.26. The highest BCUT2D eigenvalue weighted by molar-refractivity contribution is 5.71. The molecule has 1 aliphatic heterocycles. The van der Waals surface area contributed by atoms with Gasteiger partial charge in [-0.2, -0.15) is 0 Å². The first-order valence-electron chi connectivity index (χ1n) is 8.56. The van der Waals surface area contributed by atoms with Crippen LogP contribution in [0.1, 0.15) is 22.6 Å². The number of hydrogen-bond acceptors (Lipinski definition) is 3. The molecule has 3 nitrogen and oxygen atoms in total. The summed E-state index contributed by atoms with van der Waals surface area (Å²) in [6, 6.07) is 24.3. The smallest absolute Gasteiger partial charge is 0.138 e. The molecule has 4 rings (SSSR count). The minimum Gasteiger partial charge on any atom is -0.496 e. The number of hydrogen-bond donors (Lipinski definition) is 0. The quantitative estimate of drug-likeness (QED) is 0.645. The van der Waals surface area contributed by atoms with Crippen LogP contribution in [0.3, 0.4) is 0 Å². The van der Waals surface area contributed by atoms with Crippen molar-refractivity contribution in [3.8, 4) is 17.2 Å². The van der Waals surface area contributed by atoms with Crippen LogP contribution in [0, 0.1) is 0 Å². The van der Waals surface area contributed by atoms with Crippen LogP contribution in [-0.2, 0) is 0 Å². The van der Waals surface area contributed by atoms with Gasteiger partial charge in [0.15, 0.2) is 0 Å². The summed E-state index contributed by atoms with van der Waals surface area (Å²) in [5.41, 5.74) is 3.24.